The van der Waals surface area contributed by atoms with Gasteiger partial charge in [0.1, 0.15) is 17.6 Å². The Kier molecular flexibility index (Phi) is 5.62. The number of fused-ring (bicyclic) bond motifs is 1. The number of benzene rings is 2. The fourth-order valence-corrected chi connectivity index (χ4v) is 3.47. The Labute approximate surface area is 173 Å². The molecule has 3 aromatic rings. The molecule has 29 heavy (non-hydrogen) atoms. The van der Waals surface area contributed by atoms with Crippen molar-refractivity contribution >= 4 is 17.5 Å². The van der Waals surface area contributed by atoms with E-state index in [0.29, 0.717) is 17.3 Å². The van der Waals surface area contributed by atoms with Gasteiger partial charge in [0.15, 0.2) is 6.61 Å². The van der Waals surface area contributed by atoms with Crippen molar-refractivity contribution in [3.63, 3.8) is 0 Å². The summed E-state index contributed by atoms with van der Waals surface area (Å²) in [6, 6.07) is 11.3. The lowest BCUT2D eigenvalue weighted by atomic mass is 10.0. The molecule has 0 saturated carbocycles. The molecular weight excluding hydrogens is 390 g/mol. The number of nitrogens with one attached hydrogen (secondary N) is 1. The quantitative estimate of drug-likeness (QED) is 0.673. The minimum absolute atomic E-state index is 0.0566. The SMILES string of the molecule is Cc1cc(Cl)ccc1OCC(=O)NCC1Cc2cc(-c3cnccn3)ccc2O1. The first-order valence-electron chi connectivity index (χ1n) is 9.30. The van der Waals surface area contributed by atoms with Crippen LogP contribution >= 0.6 is 11.6 Å². The number of carbonyl (C=O) groups excluding carboxylic acids is 1. The van der Waals surface area contributed by atoms with Gasteiger partial charge in [0.25, 0.3) is 5.91 Å². The molecular formula is C22H20ClN3O3. The van der Waals surface area contributed by atoms with Crippen LogP contribution in [-0.4, -0.2) is 35.1 Å². The summed E-state index contributed by atoms with van der Waals surface area (Å²) in [5.74, 6) is 1.29. The zero-order valence-electron chi connectivity index (χ0n) is 15.9. The van der Waals surface area contributed by atoms with Crippen LogP contribution in [0.2, 0.25) is 5.02 Å². The fourth-order valence-electron chi connectivity index (χ4n) is 3.24. The van der Waals surface area contributed by atoms with Gasteiger partial charge in [0.05, 0.1) is 18.4 Å². The monoisotopic (exact) mass is 409 g/mol. The first-order chi connectivity index (χ1) is 14.1. The second-order valence-corrected chi connectivity index (χ2v) is 7.30. The van der Waals surface area contributed by atoms with Gasteiger partial charge in [-0.25, -0.2) is 0 Å². The molecule has 1 aliphatic rings. The highest BCUT2D eigenvalue weighted by Crippen LogP contribution is 2.32. The average molecular weight is 410 g/mol. The third-order valence-corrected chi connectivity index (χ3v) is 4.92. The highest BCUT2D eigenvalue weighted by Gasteiger charge is 2.24. The van der Waals surface area contributed by atoms with Crippen LogP contribution < -0.4 is 14.8 Å². The van der Waals surface area contributed by atoms with Crippen molar-refractivity contribution < 1.29 is 14.3 Å². The molecule has 2 heterocycles. The second-order valence-electron chi connectivity index (χ2n) is 6.86. The third kappa shape index (κ3) is 4.66. The predicted octanol–water partition coefficient (Wildman–Crippen LogP) is 3.60. The lowest BCUT2D eigenvalue weighted by Crippen LogP contribution is -2.37. The Morgan fingerprint density at radius 2 is 2.17 bits per heavy atom. The minimum atomic E-state index is -0.195. The number of hydrogen-bond acceptors (Lipinski definition) is 5. The van der Waals surface area contributed by atoms with E-state index >= 15 is 0 Å². The summed E-state index contributed by atoms with van der Waals surface area (Å²) in [6.45, 7) is 2.24. The largest absolute Gasteiger partial charge is 0.488 e. The number of halogens is 1. The number of aryl methyl sites for hydroxylation is 1. The van der Waals surface area contributed by atoms with E-state index in [1.807, 2.05) is 19.1 Å². The number of amides is 1. The summed E-state index contributed by atoms with van der Waals surface area (Å²) in [6.07, 6.45) is 5.67. The normalized spacial score (nSPS) is 14.8. The minimum Gasteiger partial charge on any atom is -0.488 e. The number of ether oxygens (including phenoxy) is 2. The molecule has 148 valence electrons. The maximum Gasteiger partial charge on any atom is 0.258 e. The Morgan fingerprint density at radius 3 is 2.97 bits per heavy atom. The van der Waals surface area contributed by atoms with Gasteiger partial charge < -0.3 is 14.8 Å². The summed E-state index contributed by atoms with van der Waals surface area (Å²) >= 11 is 5.93. The highest BCUT2D eigenvalue weighted by atomic mass is 35.5. The number of hydrogen-bond donors (Lipinski definition) is 1. The van der Waals surface area contributed by atoms with Gasteiger partial charge in [0.2, 0.25) is 0 Å². The van der Waals surface area contributed by atoms with Crippen LogP contribution in [0, 0.1) is 6.92 Å². The van der Waals surface area contributed by atoms with Gasteiger partial charge >= 0.3 is 0 Å². The fraction of sp³-hybridized carbons (Fsp3) is 0.227. The number of carbonyl (C=O) groups is 1. The average Bonchev–Trinajstić information content (AvgIpc) is 3.14. The van der Waals surface area contributed by atoms with Crippen molar-refractivity contribution in [1.29, 1.82) is 0 Å². The van der Waals surface area contributed by atoms with Gasteiger partial charge in [-0.05, 0) is 54.4 Å². The molecule has 7 heteroatoms. The lowest BCUT2D eigenvalue weighted by molar-refractivity contribution is -0.123. The van der Waals surface area contributed by atoms with Crippen molar-refractivity contribution in [1.82, 2.24) is 15.3 Å². The molecule has 2 aromatic carbocycles. The second kappa shape index (κ2) is 8.49. The molecule has 0 fully saturated rings. The standard InChI is InChI=1S/C22H20ClN3O3/c1-14-8-17(23)3-5-20(14)28-13-22(27)26-11-18-10-16-9-15(2-4-21(16)29-18)19-12-24-6-7-25-19/h2-9,12,18H,10-11,13H2,1H3,(H,26,27). The summed E-state index contributed by atoms with van der Waals surface area (Å²) in [7, 11) is 0. The van der Waals surface area contributed by atoms with Crippen molar-refractivity contribution in [2.24, 2.45) is 0 Å². The number of nitrogens with zero attached hydrogens (tertiary/aromatic N) is 2. The van der Waals surface area contributed by atoms with E-state index in [2.05, 4.69) is 21.4 Å². The molecule has 6 nitrogen and oxygen atoms in total. The molecule has 0 bridgehead atoms. The lowest BCUT2D eigenvalue weighted by Gasteiger charge is -2.13. The Bertz CT molecular complexity index is 1030. The van der Waals surface area contributed by atoms with Crippen LogP contribution in [0.1, 0.15) is 11.1 Å². The van der Waals surface area contributed by atoms with Crippen LogP contribution in [0.4, 0.5) is 0 Å². The molecule has 1 amide bonds. The molecule has 4 rings (SSSR count). The Hall–Kier alpha value is -3.12. The van der Waals surface area contributed by atoms with Crippen LogP contribution in [-0.2, 0) is 11.2 Å². The molecule has 0 saturated heterocycles. The predicted molar refractivity (Wildman–Crippen MR) is 110 cm³/mol. The van der Waals surface area contributed by atoms with Gasteiger partial charge in [-0.2, -0.15) is 0 Å². The third-order valence-electron chi connectivity index (χ3n) is 4.68. The van der Waals surface area contributed by atoms with E-state index in [-0.39, 0.29) is 18.6 Å². The van der Waals surface area contributed by atoms with Crippen LogP contribution in [0.25, 0.3) is 11.3 Å². The summed E-state index contributed by atoms with van der Waals surface area (Å²) in [5, 5.41) is 3.51. The van der Waals surface area contributed by atoms with E-state index in [1.165, 1.54) is 0 Å². The van der Waals surface area contributed by atoms with E-state index in [0.717, 1.165) is 34.6 Å². The summed E-state index contributed by atoms with van der Waals surface area (Å²) in [4.78, 5) is 20.6. The van der Waals surface area contributed by atoms with Gasteiger partial charge in [-0.3, -0.25) is 14.8 Å². The van der Waals surface area contributed by atoms with Crippen molar-refractivity contribution in [3.8, 4) is 22.8 Å². The van der Waals surface area contributed by atoms with Crippen LogP contribution in [0.15, 0.2) is 55.0 Å². The zero-order chi connectivity index (χ0) is 20.2. The molecule has 1 unspecified atom stereocenters. The topological polar surface area (TPSA) is 73.3 Å². The smallest absolute Gasteiger partial charge is 0.258 e. The number of rotatable bonds is 6. The first kappa shape index (κ1) is 19.2. The van der Waals surface area contributed by atoms with Crippen molar-refractivity contribution in [3.05, 3.63) is 71.1 Å². The van der Waals surface area contributed by atoms with Crippen LogP contribution in [0.3, 0.4) is 0 Å². The van der Waals surface area contributed by atoms with Crippen molar-refractivity contribution in [2.75, 3.05) is 13.2 Å². The van der Waals surface area contributed by atoms with Crippen molar-refractivity contribution in [2.45, 2.75) is 19.4 Å². The first-order valence-corrected chi connectivity index (χ1v) is 9.68. The molecule has 1 atom stereocenters. The molecule has 1 aliphatic heterocycles. The van der Waals surface area contributed by atoms with Crippen LogP contribution in [0.5, 0.6) is 11.5 Å². The molecule has 0 radical (unpaired) electrons. The van der Waals surface area contributed by atoms with E-state index in [9.17, 15) is 4.79 Å². The number of aromatic nitrogens is 2. The maximum absolute atomic E-state index is 12.1. The molecule has 1 aromatic heterocycles. The Balaban J connectivity index is 1.28. The highest BCUT2D eigenvalue weighted by molar-refractivity contribution is 6.30. The summed E-state index contributed by atoms with van der Waals surface area (Å²) in [5.41, 5.74) is 3.80. The van der Waals surface area contributed by atoms with E-state index in [1.54, 1.807) is 36.8 Å². The molecule has 0 spiro atoms. The molecule has 1 N–H and O–H groups in total. The maximum atomic E-state index is 12.1. The zero-order valence-corrected chi connectivity index (χ0v) is 16.6. The van der Waals surface area contributed by atoms with Gasteiger partial charge in [-0.15, -0.1) is 0 Å². The van der Waals surface area contributed by atoms with Gasteiger partial charge in [-0.1, -0.05) is 11.6 Å². The summed E-state index contributed by atoms with van der Waals surface area (Å²) < 4.78 is 11.5. The Morgan fingerprint density at radius 1 is 1.28 bits per heavy atom. The van der Waals surface area contributed by atoms with E-state index < -0.39 is 0 Å². The molecule has 0 aliphatic carbocycles. The van der Waals surface area contributed by atoms with E-state index in [4.69, 9.17) is 21.1 Å². The van der Waals surface area contributed by atoms with Gasteiger partial charge in [0, 0.05) is 29.4 Å².